The lowest BCUT2D eigenvalue weighted by atomic mass is 10.1. The molecule has 1 aromatic rings. The van der Waals surface area contributed by atoms with Crippen LogP contribution in [0.2, 0.25) is 0 Å². The van der Waals surface area contributed by atoms with E-state index in [4.69, 9.17) is 4.74 Å². The van der Waals surface area contributed by atoms with Gasteiger partial charge in [0, 0.05) is 19.6 Å². The first-order valence-electron chi connectivity index (χ1n) is 6.94. The summed E-state index contributed by atoms with van der Waals surface area (Å²) < 4.78 is 5.25. The lowest BCUT2D eigenvalue weighted by Gasteiger charge is -2.21. The van der Waals surface area contributed by atoms with Crippen LogP contribution in [-0.4, -0.2) is 38.3 Å². The number of esters is 1. The molecule has 1 atom stereocenters. The smallest absolute Gasteiger partial charge is 0.326 e. The van der Waals surface area contributed by atoms with Gasteiger partial charge >= 0.3 is 5.97 Å². The number of benzene rings is 1. The summed E-state index contributed by atoms with van der Waals surface area (Å²) >= 11 is 0. The van der Waals surface area contributed by atoms with Crippen LogP contribution in [0, 0.1) is 0 Å². The highest BCUT2D eigenvalue weighted by Gasteiger charge is 2.22. The fourth-order valence-electron chi connectivity index (χ4n) is 2.11. The van der Waals surface area contributed by atoms with E-state index in [-0.39, 0.29) is 12.0 Å². The predicted molar refractivity (Wildman–Crippen MR) is 74.0 cm³/mol. The van der Waals surface area contributed by atoms with Crippen molar-refractivity contribution in [2.45, 2.75) is 25.3 Å². The highest BCUT2D eigenvalue weighted by molar-refractivity contribution is 5.76. The molecule has 2 rings (SSSR count). The largest absolute Gasteiger partial charge is 0.464 e. The van der Waals surface area contributed by atoms with Gasteiger partial charge < -0.3 is 10.1 Å². The van der Waals surface area contributed by atoms with Crippen LogP contribution in [0.5, 0.6) is 0 Å². The number of hydrogen-bond acceptors (Lipinski definition) is 3. The van der Waals surface area contributed by atoms with E-state index >= 15 is 0 Å². The number of hydrogen-bond donors (Lipinski definition) is 1. The standard InChI is InChI=1S/C15H21N2O2/c18-15(14-12-16-9-10-17-14)19-11-5-4-8-13-6-2-1-3-7-13/h1-3,6-7,14,16H,4-5,8-12H2. The molecule has 1 fully saturated rings. The summed E-state index contributed by atoms with van der Waals surface area (Å²) in [5.74, 6) is -0.188. The van der Waals surface area contributed by atoms with Gasteiger partial charge in [0.15, 0.2) is 0 Å². The van der Waals surface area contributed by atoms with Crippen LogP contribution >= 0.6 is 0 Å². The van der Waals surface area contributed by atoms with Gasteiger partial charge in [-0.15, -0.1) is 0 Å². The minimum atomic E-state index is -0.303. The predicted octanol–water partition coefficient (Wildman–Crippen LogP) is 1.13. The number of carbonyl (C=O) groups is 1. The van der Waals surface area contributed by atoms with Crippen LogP contribution < -0.4 is 10.6 Å². The van der Waals surface area contributed by atoms with E-state index in [0.29, 0.717) is 19.7 Å². The van der Waals surface area contributed by atoms with Gasteiger partial charge in [0.2, 0.25) is 0 Å². The monoisotopic (exact) mass is 261 g/mol. The van der Waals surface area contributed by atoms with Gasteiger partial charge in [-0.3, -0.25) is 4.79 Å². The van der Waals surface area contributed by atoms with Crippen LogP contribution in [-0.2, 0) is 16.0 Å². The summed E-state index contributed by atoms with van der Waals surface area (Å²) in [6, 6.07) is 10.1. The summed E-state index contributed by atoms with van der Waals surface area (Å²) in [5.41, 5.74) is 1.33. The Bertz CT molecular complexity index is 375. The van der Waals surface area contributed by atoms with Crippen LogP contribution in [0.3, 0.4) is 0 Å². The fourth-order valence-corrected chi connectivity index (χ4v) is 2.11. The molecule has 1 aromatic carbocycles. The lowest BCUT2D eigenvalue weighted by molar-refractivity contribution is -0.146. The van der Waals surface area contributed by atoms with Crippen molar-refractivity contribution in [1.82, 2.24) is 10.6 Å². The van der Waals surface area contributed by atoms with Gasteiger partial charge in [-0.25, -0.2) is 5.32 Å². The van der Waals surface area contributed by atoms with Crippen LogP contribution in [0.15, 0.2) is 30.3 Å². The zero-order valence-corrected chi connectivity index (χ0v) is 11.2. The molecule has 1 aliphatic rings. The second kappa shape index (κ2) is 7.92. The molecule has 4 heteroatoms. The number of piperazine rings is 1. The van der Waals surface area contributed by atoms with Crippen molar-refractivity contribution in [3.8, 4) is 0 Å². The number of rotatable bonds is 6. The Morgan fingerprint density at radius 3 is 2.89 bits per heavy atom. The van der Waals surface area contributed by atoms with Crippen molar-refractivity contribution in [3.05, 3.63) is 35.9 Å². The molecule has 0 aliphatic carbocycles. The van der Waals surface area contributed by atoms with Gasteiger partial charge in [0.25, 0.3) is 0 Å². The summed E-state index contributed by atoms with van der Waals surface area (Å²) in [4.78, 5) is 11.7. The molecule has 1 aliphatic heterocycles. The summed E-state index contributed by atoms with van der Waals surface area (Å²) in [6.07, 6.45) is 2.98. The third-order valence-electron chi connectivity index (χ3n) is 3.19. The molecule has 0 spiro atoms. The average Bonchev–Trinajstić information content (AvgIpc) is 2.49. The summed E-state index contributed by atoms with van der Waals surface area (Å²) in [5, 5.41) is 7.38. The minimum Gasteiger partial charge on any atom is -0.464 e. The Balaban J connectivity index is 1.55. The molecule has 4 nitrogen and oxygen atoms in total. The van der Waals surface area contributed by atoms with Crippen molar-refractivity contribution in [2.75, 3.05) is 26.2 Å². The Kier molecular flexibility index (Phi) is 5.85. The summed E-state index contributed by atoms with van der Waals surface area (Å²) in [7, 11) is 0. The molecule has 1 heterocycles. The van der Waals surface area contributed by atoms with Gasteiger partial charge in [-0.05, 0) is 24.8 Å². The topological polar surface area (TPSA) is 52.4 Å². The molecule has 1 radical (unpaired) electrons. The van der Waals surface area contributed by atoms with Crippen molar-refractivity contribution in [1.29, 1.82) is 0 Å². The zero-order chi connectivity index (χ0) is 13.3. The molecule has 103 valence electrons. The second-order valence-corrected chi connectivity index (χ2v) is 4.74. The van der Waals surface area contributed by atoms with Crippen LogP contribution in [0.1, 0.15) is 18.4 Å². The van der Waals surface area contributed by atoms with E-state index in [1.54, 1.807) is 0 Å². The van der Waals surface area contributed by atoms with E-state index in [0.717, 1.165) is 25.8 Å². The number of unbranched alkanes of at least 4 members (excludes halogenated alkanes) is 1. The SMILES string of the molecule is O=C(OCCCCc1ccccc1)C1CNCC[N]1. The van der Waals surface area contributed by atoms with Crippen molar-refractivity contribution in [3.63, 3.8) is 0 Å². The van der Waals surface area contributed by atoms with Crippen LogP contribution in [0.25, 0.3) is 0 Å². The van der Waals surface area contributed by atoms with Crippen molar-refractivity contribution >= 4 is 5.97 Å². The Hall–Kier alpha value is -1.39. The van der Waals surface area contributed by atoms with Crippen molar-refractivity contribution < 1.29 is 9.53 Å². The first-order valence-corrected chi connectivity index (χ1v) is 6.94. The number of carbonyl (C=O) groups excluding carboxylic acids is 1. The first kappa shape index (κ1) is 14.0. The van der Waals surface area contributed by atoms with E-state index in [2.05, 4.69) is 22.8 Å². The van der Waals surface area contributed by atoms with E-state index in [1.807, 2.05) is 18.2 Å². The Morgan fingerprint density at radius 2 is 2.16 bits per heavy atom. The van der Waals surface area contributed by atoms with E-state index in [9.17, 15) is 4.79 Å². The van der Waals surface area contributed by atoms with E-state index < -0.39 is 0 Å². The minimum absolute atomic E-state index is 0.188. The van der Waals surface area contributed by atoms with E-state index in [1.165, 1.54) is 5.56 Å². The highest BCUT2D eigenvalue weighted by atomic mass is 16.5. The van der Waals surface area contributed by atoms with Crippen molar-refractivity contribution in [2.24, 2.45) is 0 Å². The molecule has 1 unspecified atom stereocenters. The molecular weight excluding hydrogens is 240 g/mol. The molecular formula is C15H21N2O2. The highest BCUT2D eigenvalue weighted by Crippen LogP contribution is 2.05. The van der Waals surface area contributed by atoms with Gasteiger partial charge in [-0.1, -0.05) is 30.3 Å². The quantitative estimate of drug-likeness (QED) is 0.617. The molecule has 0 amide bonds. The maximum Gasteiger partial charge on any atom is 0.326 e. The Labute approximate surface area is 114 Å². The number of nitrogens with zero attached hydrogens (tertiary/aromatic N) is 1. The van der Waals surface area contributed by atoms with Gasteiger partial charge in [0.1, 0.15) is 6.04 Å². The average molecular weight is 261 g/mol. The maximum atomic E-state index is 11.7. The third kappa shape index (κ3) is 5.01. The fraction of sp³-hybridized carbons (Fsp3) is 0.533. The number of ether oxygens (including phenoxy) is 1. The zero-order valence-electron chi connectivity index (χ0n) is 11.2. The molecule has 1 N–H and O–H groups in total. The molecule has 1 saturated heterocycles. The third-order valence-corrected chi connectivity index (χ3v) is 3.19. The Morgan fingerprint density at radius 1 is 1.32 bits per heavy atom. The maximum absolute atomic E-state index is 11.7. The molecule has 19 heavy (non-hydrogen) atoms. The van der Waals surface area contributed by atoms with Crippen LogP contribution in [0.4, 0.5) is 0 Å². The molecule has 0 bridgehead atoms. The first-order chi connectivity index (χ1) is 9.36. The second-order valence-electron chi connectivity index (χ2n) is 4.74. The number of nitrogens with one attached hydrogen (secondary N) is 1. The normalized spacial score (nSPS) is 19.1. The van der Waals surface area contributed by atoms with Gasteiger partial charge in [-0.2, -0.15) is 0 Å². The van der Waals surface area contributed by atoms with Gasteiger partial charge in [0.05, 0.1) is 6.61 Å². The molecule has 0 aromatic heterocycles. The number of aryl methyl sites for hydroxylation is 1. The lowest BCUT2D eigenvalue weighted by Crippen LogP contribution is -2.49. The summed E-state index contributed by atoms with van der Waals surface area (Å²) in [6.45, 7) is 2.68. The molecule has 0 saturated carbocycles.